The fourth-order valence-corrected chi connectivity index (χ4v) is 1.27. The molecule has 0 aliphatic rings. The lowest BCUT2D eigenvalue weighted by Crippen LogP contribution is -1.97. The smallest absolute Gasteiger partial charge is 0.0788 e. The fraction of sp³-hybridized carbons (Fsp3) is 0.400. The van der Waals surface area contributed by atoms with Gasteiger partial charge in [-0.1, -0.05) is 13.0 Å². The van der Waals surface area contributed by atoms with E-state index in [4.69, 9.17) is 5.73 Å². The molecule has 0 aliphatic carbocycles. The first-order chi connectivity index (χ1) is 5.63. The summed E-state index contributed by atoms with van der Waals surface area (Å²) in [4.78, 5) is 0. The Labute approximate surface area is 73.0 Å². The first-order valence-electron chi connectivity index (χ1n) is 4.18. The molecule has 0 saturated carbocycles. The van der Waals surface area contributed by atoms with Gasteiger partial charge in [-0.25, -0.2) is 0 Å². The molecule has 0 spiro atoms. The van der Waals surface area contributed by atoms with Crippen LogP contribution in [0.3, 0.4) is 0 Å². The van der Waals surface area contributed by atoms with Gasteiger partial charge in [0.25, 0.3) is 0 Å². The van der Waals surface area contributed by atoms with Gasteiger partial charge < -0.3 is 10.8 Å². The minimum absolute atomic E-state index is 0.382. The SMILES string of the molecule is CCC(O)c1cc(C)cc(N)c1. The van der Waals surface area contributed by atoms with Crippen LogP contribution in [0.15, 0.2) is 18.2 Å². The minimum atomic E-state index is -0.382. The monoisotopic (exact) mass is 165 g/mol. The first-order valence-corrected chi connectivity index (χ1v) is 4.18. The number of hydrogen-bond donors (Lipinski definition) is 2. The van der Waals surface area contributed by atoms with Gasteiger partial charge in [0.05, 0.1) is 6.10 Å². The highest BCUT2D eigenvalue weighted by Crippen LogP contribution is 2.20. The number of benzene rings is 1. The molecule has 0 aliphatic heterocycles. The van der Waals surface area contributed by atoms with E-state index < -0.39 is 0 Å². The van der Waals surface area contributed by atoms with E-state index in [0.29, 0.717) is 0 Å². The van der Waals surface area contributed by atoms with Crippen molar-refractivity contribution in [2.45, 2.75) is 26.4 Å². The molecule has 0 aromatic heterocycles. The molecular formula is C10H15NO. The largest absolute Gasteiger partial charge is 0.399 e. The van der Waals surface area contributed by atoms with Crippen molar-refractivity contribution >= 4 is 5.69 Å². The average molecular weight is 165 g/mol. The van der Waals surface area contributed by atoms with Gasteiger partial charge in [-0.2, -0.15) is 0 Å². The van der Waals surface area contributed by atoms with Crippen molar-refractivity contribution in [3.8, 4) is 0 Å². The summed E-state index contributed by atoms with van der Waals surface area (Å²) in [7, 11) is 0. The van der Waals surface area contributed by atoms with Crippen LogP contribution in [-0.4, -0.2) is 5.11 Å². The number of hydrogen-bond acceptors (Lipinski definition) is 2. The van der Waals surface area contributed by atoms with Crippen molar-refractivity contribution < 1.29 is 5.11 Å². The molecule has 0 heterocycles. The van der Waals surface area contributed by atoms with Crippen LogP contribution in [0, 0.1) is 6.92 Å². The second-order valence-corrected chi connectivity index (χ2v) is 3.10. The van der Waals surface area contributed by atoms with E-state index in [2.05, 4.69) is 0 Å². The van der Waals surface area contributed by atoms with E-state index in [9.17, 15) is 5.11 Å². The Kier molecular flexibility index (Phi) is 2.71. The summed E-state index contributed by atoms with van der Waals surface area (Å²) in [5.41, 5.74) is 8.37. The van der Waals surface area contributed by atoms with Crippen molar-refractivity contribution in [3.05, 3.63) is 29.3 Å². The molecule has 3 N–H and O–H groups in total. The summed E-state index contributed by atoms with van der Waals surface area (Å²) < 4.78 is 0. The lowest BCUT2D eigenvalue weighted by Gasteiger charge is -2.09. The standard InChI is InChI=1S/C10H15NO/c1-3-10(12)8-4-7(2)5-9(11)6-8/h4-6,10,12H,3,11H2,1-2H3. The van der Waals surface area contributed by atoms with Crippen LogP contribution >= 0.6 is 0 Å². The maximum Gasteiger partial charge on any atom is 0.0788 e. The number of nitrogen functional groups attached to an aromatic ring is 1. The van der Waals surface area contributed by atoms with Gasteiger partial charge in [0, 0.05) is 5.69 Å². The highest BCUT2D eigenvalue weighted by molar-refractivity contribution is 5.44. The minimum Gasteiger partial charge on any atom is -0.399 e. The number of rotatable bonds is 2. The number of anilines is 1. The van der Waals surface area contributed by atoms with Crippen molar-refractivity contribution in [1.82, 2.24) is 0 Å². The molecule has 1 atom stereocenters. The first kappa shape index (κ1) is 9.07. The highest BCUT2D eigenvalue weighted by atomic mass is 16.3. The number of nitrogens with two attached hydrogens (primary N) is 1. The number of aryl methyl sites for hydroxylation is 1. The number of aliphatic hydroxyl groups excluding tert-OH is 1. The van der Waals surface area contributed by atoms with E-state index in [1.807, 2.05) is 32.0 Å². The van der Waals surface area contributed by atoms with Crippen LogP contribution in [0.4, 0.5) is 5.69 Å². The Morgan fingerprint density at radius 1 is 1.42 bits per heavy atom. The van der Waals surface area contributed by atoms with Crippen molar-refractivity contribution in [3.63, 3.8) is 0 Å². The second-order valence-electron chi connectivity index (χ2n) is 3.10. The van der Waals surface area contributed by atoms with Crippen molar-refractivity contribution in [2.24, 2.45) is 0 Å². The molecule has 1 rings (SSSR count). The Hall–Kier alpha value is -1.02. The molecule has 1 aromatic carbocycles. The molecule has 0 radical (unpaired) electrons. The third-order valence-electron chi connectivity index (χ3n) is 1.89. The maximum absolute atomic E-state index is 9.52. The lowest BCUT2D eigenvalue weighted by molar-refractivity contribution is 0.173. The quantitative estimate of drug-likeness (QED) is 0.658. The van der Waals surface area contributed by atoms with Gasteiger partial charge >= 0.3 is 0 Å². The molecular weight excluding hydrogens is 150 g/mol. The molecule has 2 nitrogen and oxygen atoms in total. The predicted molar refractivity (Wildman–Crippen MR) is 50.8 cm³/mol. The molecule has 0 saturated heterocycles. The van der Waals surface area contributed by atoms with E-state index in [1.54, 1.807) is 0 Å². The van der Waals surface area contributed by atoms with Crippen LogP contribution < -0.4 is 5.73 Å². The van der Waals surface area contributed by atoms with Crippen molar-refractivity contribution in [1.29, 1.82) is 0 Å². The lowest BCUT2D eigenvalue weighted by atomic mass is 10.0. The molecule has 0 amide bonds. The predicted octanol–water partition coefficient (Wildman–Crippen LogP) is 2.02. The second kappa shape index (κ2) is 3.59. The third-order valence-corrected chi connectivity index (χ3v) is 1.89. The molecule has 1 unspecified atom stereocenters. The maximum atomic E-state index is 9.52. The molecule has 66 valence electrons. The zero-order valence-electron chi connectivity index (χ0n) is 7.54. The van der Waals surface area contributed by atoms with Crippen LogP contribution in [0.1, 0.15) is 30.6 Å². The van der Waals surface area contributed by atoms with Crippen LogP contribution in [0.5, 0.6) is 0 Å². The molecule has 1 aromatic rings. The van der Waals surface area contributed by atoms with Gasteiger partial charge in [-0.15, -0.1) is 0 Å². The summed E-state index contributed by atoms with van der Waals surface area (Å²) in [6.07, 6.45) is 0.343. The van der Waals surface area contributed by atoms with Crippen LogP contribution in [0.2, 0.25) is 0 Å². The molecule has 0 bridgehead atoms. The van der Waals surface area contributed by atoms with Gasteiger partial charge in [0.2, 0.25) is 0 Å². The normalized spacial score (nSPS) is 12.9. The highest BCUT2D eigenvalue weighted by Gasteiger charge is 2.04. The zero-order valence-corrected chi connectivity index (χ0v) is 7.54. The van der Waals surface area contributed by atoms with Gasteiger partial charge in [0.15, 0.2) is 0 Å². The van der Waals surface area contributed by atoms with Gasteiger partial charge in [0.1, 0.15) is 0 Å². The average Bonchev–Trinajstić information content (AvgIpc) is 2.01. The Bertz CT molecular complexity index is 250. The van der Waals surface area contributed by atoms with E-state index in [-0.39, 0.29) is 6.10 Å². The zero-order chi connectivity index (χ0) is 9.14. The van der Waals surface area contributed by atoms with E-state index in [1.165, 1.54) is 0 Å². The summed E-state index contributed by atoms with van der Waals surface area (Å²) in [6, 6.07) is 5.68. The van der Waals surface area contributed by atoms with Crippen LogP contribution in [-0.2, 0) is 0 Å². The summed E-state index contributed by atoms with van der Waals surface area (Å²) in [5.74, 6) is 0. The van der Waals surface area contributed by atoms with Gasteiger partial charge in [-0.3, -0.25) is 0 Å². The van der Waals surface area contributed by atoms with E-state index >= 15 is 0 Å². The van der Waals surface area contributed by atoms with Crippen LogP contribution in [0.25, 0.3) is 0 Å². The molecule has 2 heteroatoms. The van der Waals surface area contributed by atoms with E-state index in [0.717, 1.165) is 23.2 Å². The Morgan fingerprint density at radius 2 is 2.08 bits per heavy atom. The summed E-state index contributed by atoms with van der Waals surface area (Å²) >= 11 is 0. The Balaban J connectivity index is 3.00. The third kappa shape index (κ3) is 1.98. The fourth-order valence-electron chi connectivity index (χ4n) is 1.27. The van der Waals surface area contributed by atoms with Crippen molar-refractivity contribution in [2.75, 3.05) is 5.73 Å². The summed E-state index contributed by atoms with van der Waals surface area (Å²) in [5, 5.41) is 9.52. The van der Waals surface area contributed by atoms with Gasteiger partial charge in [-0.05, 0) is 36.6 Å². The summed E-state index contributed by atoms with van der Waals surface area (Å²) in [6.45, 7) is 3.92. The topological polar surface area (TPSA) is 46.2 Å². The number of aliphatic hydroxyl groups is 1. The molecule has 12 heavy (non-hydrogen) atoms. The molecule has 0 fully saturated rings. The Morgan fingerprint density at radius 3 is 2.58 bits per heavy atom.